The molecule has 0 unspecified atom stereocenters. The van der Waals surface area contributed by atoms with Gasteiger partial charge in [-0.05, 0) is 18.6 Å². The van der Waals surface area contributed by atoms with Crippen molar-refractivity contribution in [3.63, 3.8) is 0 Å². The van der Waals surface area contributed by atoms with Crippen LogP contribution in [0.15, 0.2) is 18.2 Å². The summed E-state index contributed by atoms with van der Waals surface area (Å²) in [5, 5.41) is 11.2. The summed E-state index contributed by atoms with van der Waals surface area (Å²) in [7, 11) is 0. The first-order valence-corrected chi connectivity index (χ1v) is 5.48. The number of nitrogens with one attached hydrogen (secondary N) is 1. The molecule has 17 heavy (non-hydrogen) atoms. The van der Waals surface area contributed by atoms with Gasteiger partial charge in [0.15, 0.2) is 0 Å². The van der Waals surface area contributed by atoms with Gasteiger partial charge in [0.25, 0.3) is 5.91 Å². The van der Waals surface area contributed by atoms with Crippen molar-refractivity contribution in [3.8, 4) is 0 Å². The molecule has 0 bridgehead atoms. The first kappa shape index (κ1) is 13.5. The van der Waals surface area contributed by atoms with Crippen molar-refractivity contribution < 1.29 is 14.6 Å². The van der Waals surface area contributed by atoms with E-state index < -0.39 is 0 Å². The molecule has 0 spiro atoms. The molecular weight excluding hydrogens is 220 g/mol. The maximum atomic E-state index is 11.8. The molecule has 0 saturated heterocycles. The number of carbonyl (C=O) groups excluding carboxylic acids is 1. The van der Waals surface area contributed by atoms with Crippen LogP contribution in [0.25, 0.3) is 0 Å². The first-order chi connectivity index (χ1) is 8.16. The predicted octanol–water partition coefficient (Wildman–Crippen LogP) is 0.316. The molecule has 0 radical (unpaired) electrons. The van der Waals surface area contributed by atoms with Crippen LogP contribution >= 0.6 is 0 Å². The number of amides is 1. The van der Waals surface area contributed by atoms with E-state index in [1.54, 1.807) is 6.07 Å². The van der Waals surface area contributed by atoms with Crippen molar-refractivity contribution in [2.24, 2.45) is 0 Å². The van der Waals surface area contributed by atoms with Gasteiger partial charge in [0, 0.05) is 12.2 Å². The van der Waals surface area contributed by atoms with Crippen molar-refractivity contribution in [2.75, 3.05) is 32.1 Å². The molecule has 5 nitrogen and oxygen atoms in total. The van der Waals surface area contributed by atoms with Crippen LogP contribution in [0.2, 0.25) is 0 Å². The van der Waals surface area contributed by atoms with E-state index in [1.165, 1.54) is 0 Å². The summed E-state index contributed by atoms with van der Waals surface area (Å²) in [5.74, 6) is -0.201. The molecule has 1 rings (SSSR count). The van der Waals surface area contributed by atoms with Gasteiger partial charge in [-0.2, -0.15) is 0 Å². The Kier molecular flexibility index (Phi) is 5.45. The number of benzene rings is 1. The normalized spacial score (nSPS) is 10.2. The molecule has 1 aromatic rings. The zero-order chi connectivity index (χ0) is 12.7. The van der Waals surface area contributed by atoms with E-state index in [2.05, 4.69) is 5.32 Å². The summed E-state index contributed by atoms with van der Waals surface area (Å²) in [6.45, 7) is 2.87. The Morgan fingerprint density at radius 2 is 2.24 bits per heavy atom. The minimum absolute atomic E-state index is 0.0152. The lowest BCUT2D eigenvalue weighted by Gasteiger charge is -2.10. The Balaban J connectivity index is 2.47. The van der Waals surface area contributed by atoms with Crippen molar-refractivity contribution in [1.29, 1.82) is 0 Å². The van der Waals surface area contributed by atoms with E-state index in [0.29, 0.717) is 24.4 Å². The fraction of sp³-hybridized carbons (Fsp3) is 0.417. The number of ether oxygens (including phenoxy) is 1. The highest BCUT2D eigenvalue weighted by atomic mass is 16.5. The van der Waals surface area contributed by atoms with Gasteiger partial charge in [-0.1, -0.05) is 12.1 Å². The monoisotopic (exact) mass is 238 g/mol. The fourth-order valence-corrected chi connectivity index (χ4v) is 1.49. The average Bonchev–Trinajstić information content (AvgIpc) is 2.28. The number of aliphatic hydroxyl groups excluding tert-OH is 1. The lowest BCUT2D eigenvalue weighted by atomic mass is 10.1. The molecule has 94 valence electrons. The number of nitrogen functional groups attached to an aromatic ring is 1. The summed E-state index contributed by atoms with van der Waals surface area (Å²) in [4.78, 5) is 11.8. The zero-order valence-electron chi connectivity index (χ0n) is 9.90. The number of aryl methyl sites for hydroxylation is 1. The van der Waals surface area contributed by atoms with Crippen molar-refractivity contribution >= 4 is 11.6 Å². The second kappa shape index (κ2) is 6.88. The van der Waals surface area contributed by atoms with Crippen LogP contribution in [0, 0.1) is 6.92 Å². The van der Waals surface area contributed by atoms with E-state index in [0.717, 1.165) is 5.56 Å². The highest BCUT2D eigenvalue weighted by Gasteiger charge is 2.11. The third-order valence-electron chi connectivity index (χ3n) is 2.30. The van der Waals surface area contributed by atoms with Crippen molar-refractivity contribution in [3.05, 3.63) is 29.3 Å². The van der Waals surface area contributed by atoms with Gasteiger partial charge < -0.3 is 20.9 Å². The van der Waals surface area contributed by atoms with Crippen LogP contribution in [-0.4, -0.2) is 37.4 Å². The topological polar surface area (TPSA) is 84.6 Å². The van der Waals surface area contributed by atoms with Crippen LogP contribution in [-0.2, 0) is 4.74 Å². The molecule has 1 aromatic carbocycles. The number of rotatable bonds is 6. The lowest BCUT2D eigenvalue weighted by molar-refractivity contribution is 0.0838. The van der Waals surface area contributed by atoms with Gasteiger partial charge >= 0.3 is 0 Å². The minimum atomic E-state index is -0.201. The van der Waals surface area contributed by atoms with E-state index in [4.69, 9.17) is 15.6 Å². The maximum Gasteiger partial charge on any atom is 0.253 e. The Hall–Kier alpha value is -1.59. The second-order valence-electron chi connectivity index (χ2n) is 3.63. The van der Waals surface area contributed by atoms with Gasteiger partial charge in [0.2, 0.25) is 0 Å². The van der Waals surface area contributed by atoms with Crippen molar-refractivity contribution in [1.82, 2.24) is 5.32 Å². The highest BCUT2D eigenvalue weighted by Crippen LogP contribution is 2.15. The molecule has 0 aliphatic heterocycles. The van der Waals surface area contributed by atoms with Gasteiger partial charge in [0.1, 0.15) is 0 Å². The first-order valence-electron chi connectivity index (χ1n) is 5.48. The third kappa shape index (κ3) is 4.05. The molecular formula is C12H18N2O3. The Labute approximate surface area is 101 Å². The van der Waals surface area contributed by atoms with Crippen LogP contribution < -0.4 is 11.1 Å². The summed E-state index contributed by atoms with van der Waals surface area (Å²) in [5.41, 5.74) is 7.58. The molecule has 1 amide bonds. The Bertz CT molecular complexity index is 360. The van der Waals surface area contributed by atoms with Crippen LogP contribution in [0.4, 0.5) is 5.69 Å². The summed E-state index contributed by atoms with van der Waals surface area (Å²) < 4.78 is 5.03. The maximum absolute atomic E-state index is 11.8. The van der Waals surface area contributed by atoms with Crippen molar-refractivity contribution in [2.45, 2.75) is 6.92 Å². The van der Waals surface area contributed by atoms with Gasteiger partial charge in [-0.3, -0.25) is 4.79 Å². The lowest BCUT2D eigenvalue weighted by Crippen LogP contribution is -2.28. The van der Waals surface area contributed by atoms with Gasteiger partial charge in [-0.15, -0.1) is 0 Å². The number of aliphatic hydroxyl groups is 1. The molecule has 0 saturated carbocycles. The Morgan fingerprint density at radius 3 is 2.88 bits per heavy atom. The highest BCUT2D eigenvalue weighted by molar-refractivity contribution is 6.00. The summed E-state index contributed by atoms with van der Waals surface area (Å²) in [6, 6.07) is 5.35. The van der Waals surface area contributed by atoms with Crippen LogP contribution in [0.1, 0.15) is 15.9 Å². The van der Waals surface area contributed by atoms with Gasteiger partial charge in [0.05, 0.1) is 25.4 Å². The largest absolute Gasteiger partial charge is 0.398 e. The molecule has 4 N–H and O–H groups in total. The molecule has 0 aromatic heterocycles. The molecule has 0 heterocycles. The second-order valence-corrected chi connectivity index (χ2v) is 3.63. The van der Waals surface area contributed by atoms with Crippen LogP contribution in [0.5, 0.6) is 0 Å². The minimum Gasteiger partial charge on any atom is -0.398 e. The number of hydrogen-bond acceptors (Lipinski definition) is 4. The molecule has 0 aliphatic rings. The zero-order valence-corrected chi connectivity index (χ0v) is 9.90. The SMILES string of the molecule is Cc1cccc(N)c1C(=O)NCCOCCO. The van der Waals surface area contributed by atoms with Crippen LogP contribution in [0.3, 0.4) is 0 Å². The van der Waals surface area contributed by atoms with E-state index in [1.807, 2.05) is 19.1 Å². The number of anilines is 1. The quantitative estimate of drug-likeness (QED) is 0.492. The van der Waals surface area contributed by atoms with E-state index >= 15 is 0 Å². The predicted molar refractivity (Wildman–Crippen MR) is 65.8 cm³/mol. The Morgan fingerprint density at radius 1 is 1.47 bits per heavy atom. The number of nitrogens with two attached hydrogens (primary N) is 1. The molecule has 0 fully saturated rings. The average molecular weight is 238 g/mol. The van der Waals surface area contributed by atoms with E-state index in [-0.39, 0.29) is 19.1 Å². The van der Waals surface area contributed by atoms with E-state index in [9.17, 15) is 4.79 Å². The molecule has 0 atom stereocenters. The summed E-state index contributed by atoms with van der Waals surface area (Å²) in [6.07, 6.45) is 0. The molecule has 0 aliphatic carbocycles. The fourth-order valence-electron chi connectivity index (χ4n) is 1.49. The summed E-state index contributed by atoms with van der Waals surface area (Å²) >= 11 is 0. The third-order valence-corrected chi connectivity index (χ3v) is 2.30. The smallest absolute Gasteiger partial charge is 0.253 e. The van der Waals surface area contributed by atoms with Gasteiger partial charge in [-0.25, -0.2) is 0 Å². The number of carbonyl (C=O) groups is 1. The standard InChI is InChI=1S/C12H18N2O3/c1-9-3-2-4-10(13)11(9)12(16)14-5-7-17-8-6-15/h2-4,15H,5-8,13H2,1H3,(H,14,16). The number of hydrogen-bond donors (Lipinski definition) is 3. The molecule has 5 heteroatoms.